The van der Waals surface area contributed by atoms with Gasteiger partial charge in [-0.1, -0.05) is 17.7 Å². The van der Waals surface area contributed by atoms with Crippen LogP contribution in [-0.2, 0) is 0 Å². The van der Waals surface area contributed by atoms with Gasteiger partial charge < -0.3 is 4.74 Å². The van der Waals surface area contributed by atoms with Gasteiger partial charge in [0, 0.05) is 22.8 Å². The minimum atomic E-state index is -0.699. The Morgan fingerprint density at radius 2 is 1.80 bits per heavy atom. The monoisotopic (exact) mass is 362 g/mol. The summed E-state index contributed by atoms with van der Waals surface area (Å²) in [5, 5.41) is 0.529. The molecule has 0 spiro atoms. The molecule has 6 heteroatoms. The van der Waals surface area contributed by atoms with Gasteiger partial charge in [0.25, 0.3) is 0 Å². The predicted octanol–water partition coefficient (Wildman–Crippen LogP) is 5.49. The van der Waals surface area contributed by atoms with Gasteiger partial charge >= 0.3 is 0 Å². The normalized spacial score (nSPS) is 11.0. The molecular formula is C19H17ClF2N2O. The molecule has 0 aliphatic rings. The number of imidazole rings is 1. The largest absolute Gasteiger partial charge is 0.494 e. The van der Waals surface area contributed by atoms with Crippen LogP contribution in [0.2, 0.25) is 5.02 Å². The number of hydrogen-bond acceptors (Lipinski definition) is 2. The van der Waals surface area contributed by atoms with Gasteiger partial charge in [-0.2, -0.15) is 0 Å². The number of rotatable bonds is 4. The Kier molecular flexibility index (Phi) is 4.77. The molecule has 2 aromatic carbocycles. The van der Waals surface area contributed by atoms with Gasteiger partial charge in [0.2, 0.25) is 0 Å². The molecule has 0 bridgehead atoms. The standard InChI is InChI=1S/C19H17ClF2N2O/c1-4-25-15-9-16(21)18(17(22)10-15)19-11(2)23-12(3)24(19)14-7-5-6-13(20)8-14/h5-10H,4H2,1-3H3. The summed E-state index contributed by atoms with van der Waals surface area (Å²) >= 11 is 6.07. The number of halogens is 3. The van der Waals surface area contributed by atoms with Crippen LogP contribution < -0.4 is 4.74 Å². The number of hydrogen-bond donors (Lipinski definition) is 0. The quantitative estimate of drug-likeness (QED) is 0.614. The van der Waals surface area contributed by atoms with E-state index in [0.29, 0.717) is 34.5 Å². The highest BCUT2D eigenvalue weighted by molar-refractivity contribution is 6.30. The minimum absolute atomic E-state index is 0.137. The summed E-state index contributed by atoms with van der Waals surface area (Å²) in [7, 11) is 0. The van der Waals surface area contributed by atoms with Gasteiger partial charge in [-0.25, -0.2) is 13.8 Å². The fourth-order valence-corrected chi connectivity index (χ4v) is 3.10. The Balaban J connectivity index is 2.26. The summed E-state index contributed by atoms with van der Waals surface area (Å²) in [6.45, 7) is 5.59. The second kappa shape index (κ2) is 6.84. The minimum Gasteiger partial charge on any atom is -0.494 e. The van der Waals surface area contributed by atoms with E-state index in [1.54, 1.807) is 43.5 Å². The molecule has 0 unspecified atom stereocenters. The molecule has 0 atom stereocenters. The summed E-state index contributed by atoms with van der Waals surface area (Å²) in [5.41, 5.74) is 1.44. The molecule has 1 heterocycles. The van der Waals surface area contributed by atoms with Gasteiger partial charge in [-0.15, -0.1) is 0 Å². The smallest absolute Gasteiger partial charge is 0.139 e. The summed E-state index contributed by atoms with van der Waals surface area (Å²) in [6.07, 6.45) is 0. The van der Waals surface area contributed by atoms with E-state index >= 15 is 0 Å². The molecule has 130 valence electrons. The third-order valence-corrected chi connectivity index (χ3v) is 4.08. The lowest BCUT2D eigenvalue weighted by molar-refractivity contribution is 0.336. The molecular weight excluding hydrogens is 346 g/mol. The van der Waals surface area contributed by atoms with Crippen molar-refractivity contribution in [2.24, 2.45) is 0 Å². The van der Waals surface area contributed by atoms with Crippen molar-refractivity contribution in [2.45, 2.75) is 20.8 Å². The lowest BCUT2D eigenvalue weighted by atomic mass is 10.1. The van der Waals surface area contributed by atoms with Gasteiger partial charge in [-0.05, 0) is 39.0 Å². The zero-order valence-corrected chi connectivity index (χ0v) is 14.9. The lowest BCUT2D eigenvalue weighted by Gasteiger charge is -2.14. The number of aryl methyl sites for hydroxylation is 2. The van der Waals surface area contributed by atoms with E-state index in [2.05, 4.69) is 4.98 Å². The Hall–Kier alpha value is -2.40. The van der Waals surface area contributed by atoms with Crippen molar-refractivity contribution < 1.29 is 13.5 Å². The Morgan fingerprint density at radius 3 is 2.40 bits per heavy atom. The van der Waals surface area contributed by atoms with Gasteiger partial charge in [-0.3, -0.25) is 4.57 Å². The van der Waals surface area contributed by atoms with E-state index in [1.165, 1.54) is 12.1 Å². The maximum atomic E-state index is 14.7. The first-order valence-electron chi connectivity index (χ1n) is 7.86. The van der Waals surface area contributed by atoms with Gasteiger partial charge in [0.15, 0.2) is 0 Å². The highest BCUT2D eigenvalue weighted by Crippen LogP contribution is 2.34. The van der Waals surface area contributed by atoms with Crippen LogP contribution in [0.25, 0.3) is 16.9 Å². The maximum Gasteiger partial charge on any atom is 0.139 e. The Labute approximate surface area is 149 Å². The number of nitrogens with zero attached hydrogens (tertiary/aromatic N) is 2. The van der Waals surface area contributed by atoms with Crippen molar-refractivity contribution in [3.63, 3.8) is 0 Å². The molecule has 3 aromatic rings. The molecule has 0 fully saturated rings. The Bertz CT molecular complexity index is 914. The fourth-order valence-electron chi connectivity index (χ4n) is 2.92. The first-order chi connectivity index (χ1) is 11.9. The van der Waals surface area contributed by atoms with Crippen LogP contribution >= 0.6 is 11.6 Å². The van der Waals surface area contributed by atoms with Crippen molar-refractivity contribution in [3.05, 3.63) is 64.6 Å². The van der Waals surface area contributed by atoms with Crippen molar-refractivity contribution in [1.29, 1.82) is 0 Å². The third kappa shape index (κ3) is 3.24. The predicted molar refractivity (Wildman–Crippen MR) is 94.6 cm³/mol. The van der Waals surface area contributed by atoms with Crippen LogP contribution in [0.15, 0.2) is 36.4 Å². The van der Waals surface area contributed by atoms with E-state index in [9.17, 15) is 8.78 Å². The molecule has 0 saturated carbocycles. The second-order valence-electron chi connectivity index (χ2n) is 5.60. The van der Waals surface area contributed by atoms with Crippen LogP contribution in [0, 0.1) is 25.5 Å². The number of ether oxygens (including phenoxy) is 1. The summed E-state index contributed by atoms with van der Waals surface area (Å²) in [5.74, 6) is -0.628. The van der Waals surface area contributed by atoms with Gasteiger partial charge in [0.1, 0.15) is 23.2 Å². The number of benzene rings is 2. The molecule has 0 saturated heterocycles. The van der Waals surface area contributed by atoms with Crippen LogP contribution in [0.4, 0.5) is 8.78 Å². The first-order valence-corrected chi connectivity index (χ1v) is 8.24. The zero-order valence-electron chi connectivity index (χ0n) is 14.1. The summed E-state index contributed by atoms with van der Waals surface area (Å²) in [4.78, 5) is 4.39. The average Bonchev–Trinajstić information content (AvgIpc) is 2.81. The van der Waals surface area contributed by atoms with Crippen LogP contribution in [0.5, 0.6) is 5.75 Å². The highest BCUT2D eigenvalue weighted by atomic mass is 35.5. The van der Waals surface area contributed by atoms with Crippen molar-refractivity contribution in [1.82, 2.24) is 9.55 Å². The first kappa shape index (κ1) is 17.4. The third-order valence-electron chi connectivity index (χ3n) is 3.85. The molecule has 0 amide bonds. The van der Waals surface area contributed by atoms with E-state index < -0.39 is 11.6 Å². The molecule has 25 heavy (non-hydrogen) atoms. The van der Waals surface area contributed by atoms with Crippen molar-refractivity contribution in [3.8, 4) is 22.7 Å². The summed E-state index contributed by atoms with van der Waals surface area (Å²) in [6, 6.07) is 9.43. The number of aromatic nitrogens is 2. The topological polar surface area (TPSA) is 27.1 Å². The molecule has 1 aromatic heterocycles. The van der Waals surface area contributed by atoms with Crippen LogP contribution in [-0.4, -0.2) is 16.2 Å². The Morgan fingerprint density at radius 1 is 1.12 bits per heavy atom. The van der Waals surface area contributed by atoms with E-state index in [-0.39, 0.29) is 11.3 Å². The van der Waals surface area contributed by atoms with Crippen molar-refractivity contribution in [2.75, 3.05) is 6.61 Å². The highest BCUT2D eigenvalue weighted by Gasteiger charge is 2.23. The summed E-state index contributed by atoms with van der Waals surface area (Å²) < 4.78 is 36.3. The average molecular weight is 363 g/mol. The van der Waals surface area contributed by atoms with E-state index in [1.807, 2.05) is 6.07 Å². The van der Waals surface area contributed by atoms with Crippen molar-refractivity contribution >= 4 is 11.6 Å². The zero-order chi connectivity index (χ0) is 18.1. The molecule has 0 N–H and O–H groups in total. The maximum absolute atomic E-state index is 14.7. The SMILES string of the molecule is CCOc1cc(F)c(-c2c(C)nc(C)n2-c2cccc(Cl)c2)c(F)c1. The van der Waals surface area contributed by atoms with Crippen LogP contribution in [0.3, 0.4) is 0 Å². The molecule has 0 radical (unpaired) electrons. The van der Waals surface area contributed by atoms with E-state index in [0.717, 1.165) is 0 Å². The fraction of sp³-hybridized carbons (Fsp3) is 0.211. The molecule has 3 nitrogen and oxygen atoms in total. The molecule has 0 aliphatic carbocycles. The molecule has 0 aliphatic heterocycles. The lowest BCUT2D eigenvalue weighted by Crippen LogP contribution is -2.03. The van der Waals surface area contributed by atoms with Crippen LogP contribution in [0.1, 0.15) is 18.4 Å². The van der Waals surface area contributed by atoms with E-state index in [4.69, 9.17) is 16.3 Å². The van der Waals surface area contributed by atoms with Gasteiger partial charge in [0.05, 0.1) is 23.6 Å². The molecule has 3 rings (SSSR count). The second-order valence-corrected chi connectivity index (χ2v) is 6.04.